The third-order valence-electron chi connectivity index (χ3n) is 3.07. The third kappa shape index (κ3) is 2.70. The van der Waals surface area contributed by atoms with Gasteiger partial charge < -0.3 is 5.11 Å². The van der Waals surface area contributed by atoms with E-state index in [1.54, 1.807) is 0 Å². The summed E-state index contributed by atoms with van der Waals surface area (Å²) in [4.78, 5) is 0. The molecule has 1 aliphatic carbocycles. The van der Waals surface area contributed by atoms with Crippen molar-refractivity contribution in [2.24, 2.45) is 5.92 Å². The van der Waals surface area contributed by atoms with Crippen molar-refractivity contribution in [1.82, 2.24) is 0 Å². The second kappa shape index (κ2) is 4.61. The smallest absolute Gasteiger partial charge is 0.0468 e. The molecule has 0 aliphatic heterocycles. The van der Waals surface area contributed by atoms with E-state index in [0.29, 0.717) is 5.92 Å². The van der Waals surface area contributed by atoms with Gasteiger partial charge in [0.25, 0.3) is 0 Å². The minimum atomic E-state index is 0.287. The van der Waals surface area contributed by atoms with Crippen molar-refractivity contribution >= 4 is 0 Å². The van der Waals surface area contributed by atoms with Gasteiger partial charge in [-0.2, -0.15) is 0 Å². The number of hydrogen-bond acceptors (Lipinski definition) is 1. The van der Waals surface area contributed by atoms with Crippen molar-refractivity contribution in [3.05, 3.63) is 23.3 Å². The molecule has 1 atom stereocenters. The molecule has 0 spiro atoms. The summed E-state index contributed by atoms with van der Waals surface area (Å²) in [6, 6.07) is 0. The summed E-state index contributed by atoms with van der Waals surface area (Å²) in [6.45, 7) is 8.61. The van der Waals surface area contributed by atoms with Crippen molar-refractivity contribution in [2.75, 3.05) is 6.61 Å². The molecule has 0 aromatic carbocycles. The molecule has 0 fully saturated rings. The Morgan fingerprint density at radius 2 is 2.31 bits per heavy atom. The van der Waals surface area contributed by atoms with E-state index in [9.17, 15) is 0 Å². The van der Waals surface area contributed by atoms with Crippen LogP contribution in [0.25, 0.3) is 0 Å². The van der Waals surface area contributed by atoms with Crippen LogP contribution >= 0.6 is 0 Å². The van der Waals surface area contributed by atoms with Gasteiger partial charge in [0, 0.05) is 6.61 Å². The van der Waals surface area contributed by atoms with Crippen LogP contribution in [0, 0.1) is 5.92 Å². The Balaban J connectivity index is 2.64. The quantitative estimate of drug-likeness (QED) is 0.662. The molecule has 74 valence electrons. The van der Waals surface area contributed by atoms with Gasteiger partial charge in [-0.25, -0.2) is 0 Å². The standard InChI is InChI=1S/C12H20O/c1-9(2)11-5-4-10(3)12(8-11)6-7-13/h11,13H,1,4-8H2,2-3H3. The number of allylic oxidation sites excluding steroid dienone is 2. The van der Waals surface area contributed by atoms with Crippen LogP contribution in [0.3, 0.4) is 0 Å². The fraction of sp³-hybridized carbons (Fsp3) is 0.667. The summed E-state index contributed by atoms with van der Waals surface area (Å²) in [5.41, 5.74) is 4.25. The molecular formula is C12H20O. The van der Waals surface area contributed by atoms with Crippen molar-refractivity contribution in [2.45, 2.75) is 39.5 Å². The summed E-state index contributed by atoms with van der Waals surface area (Å²) < 4.78 is 0. The monoisotopic (exact) mass is 180 g/mol. The van der Waals surface area contributed by atoms with Crippen LogP contribution in [-0.2, 0) is 0 Å². The lowest BCUT2D eigenvalue weighted by atomic mass is 9.80. The minimum absolute atomic E-state index is 0.287. The number of rotatable bonds is 3. The predicted molar refractivity (Wildman–Crippen MR) is 56.6 cm³/mol. The molecule has 0 aromatic rings. The lowest BCUT2D eigenvalue weighted by Gasteiger charge is -2.26. The zero-order valence-electron chi connectivity index (χ0n) is 8.77. The fourth-order valence-electron chi connectivity index (χ4n) is 2.01. The highest BCUT2D eigenvalue weighted by Crippen LogP contribution is 2.34. The molecule has 0 amide bonds. The second-order valence-electron chi connectivity index (χ2n) is 4.14. The molecular weight excluding hydrogens is 160 g/mol. The van der Waals surface area contributed by atoms with Crippen molar-refractivity contribution in [3.8, 4) is 0 Å². The van der Waals surface area contributed by atoms with Crippen molar-refractivity contribution in [1.29, 1.82) is 0 Å². The topological polar surface area (TPSA) is 20.2 Å². The van der Waals surface area contributed by atoms with Gasteiger partial charge in [-0.1, -0.05) is 23.3 Å². The number of aliphatic hydroxyl groups is 1. The zero-order chi connectivity index (χ0) is 9.84. The Bertz CT molecular complexity index is 225. The Labute approximate surface area is 81.2 Å². The maximum absolute atomic E-state index is 8.90. The molecule has 0 bridgehead atoms. The third-order valence-corrected chi connectivity index (χ3v) is 3.07. The normalized spacial score (nSPS) is 23.5. The summed E-state index contributed by atoms with van der Waals surface area (Å²) in [5.74, 6) is 0.658. The maximum Gasteiger partial charge on any atom is 0.0468 e. The predicted octanol–water partition coefficient (Wildman–Crippen LogP) is 3.06. The van der Waals surface area contributed by atoms with E-state index in [1.165, 1.54) is 29.6 Å². The van der Waals surface area contributed by atoms with Gasteiger partial charge in [-0.3, -0.25) is 0 Å². The highest BCUT2D eigenvalue weighted by atomic mass is 16.2. The number of aliphatic hydroxyl groups excluding tert-OH is 1. The molecule has 13 heavy (non-hydrogen) atoms. The Morgan fingerprint density at radius 3 is 2.85 bits per heavy atom. The van der Waals surface area contributed by atoms with Gasteiger partial charge in [0.1, 0.15) is 0 Å². The number of hydrogen-bond donors (Lipinski definition) is 1. The van der Waals surface area contributed by atoms with Crippen LogP contribution in [-0.4, -0.2) is 11.7 Å². The Kier molecular flexibility index (Phi) is 3.73. The van der Waals surface area contributed by atoms with E-state index in [-0.39, 0.29) is 6.61 Å². The summed E-state index contributed by atoms with van der Waals surface area (Å²) in [5, 5.41) is 8.90. The van der Waals surface area contributed by atoms with Crippen molar-refractivity contribution < 1.29 is 5.11 Å². The average Bonchev–Trinajstić information content (AvgIpc) is 2.08. The van der Waals surface area contributed by atoms with Gasteiger partial charge in [0.05, 0.1) is 0 Å². The molecule has 0 saturated heterocycles. The lowest BCUT2D eigenvalue weighted by molar-refractivity contribution is 0.294. The van der Waals surface area contributed by atoms with Gasteiger partial charge in [0.2, 0.25) is 0 Å². The molecule has 1 heteroatoms. The fourth-order valence-corrected chi connectivity index (χ4v) is 2.01. The molecule has 1 nitrogen and oxygen atoms in total. The van der Waals surface area contributed by atoms with Gasteiger partial charge in [-0.05, 0) is 45.4 Å². The molecule has 0 heterocycles. The highest BCUT2D eigenvalue weighted by molar-refractivity contribution is 5.19. The highest BCUT2D eigenvalue weighted by Gasteiger charge is 2.18. The molecule has 1 rings (SSSR count). The molecule has 0 aromatic heterocycles. The summed E-state index contributed by atoms with van der Waals surface area (Å²) in [7, 11) is 0. The van der Waals surface area contributed by atoms with E-state index in [4.69, 9.17) is 5.11 Å². The Hall–Kier alpha value is -0.560. The lowest BCUT2D eigenvalue weighted by Crippen LogP contribution is -2.11. The summed E-state index contributed by atoms with van der Waals surface area (Å²) in [6.07, 6.45) is 4.42. The average molecular weight is 180 g/mol. The first-order chi connectivity index (χ1) is 6.15. The molecule has 1 N–H and O–H groups in total. The van der Waals surface area contributed by atoms with Crippen LogP contribution in [0.15, 0.2) is 23.3 Å². The van der Waals surface area contributed by atoms with Crippen LogP contribution in [0.2, 0.25) is 0 Å². The van der Waals surface area contributed by atoms with Crippen LogP contribution in [0.1, 0.15) is 39.5 Å². The first-order valence-corrected chi connectivity index (χ1v) is 5.09. The molecule has 1 unspecified atom stereocenters. The van der Waals surface area contributed by atoms with E-state index in [2.05, 4.69) is 20.4 Å². The van der Waals surface area contributed by atoms with Gasteiger partial charge in [-0.15, -0.1) is 0 Å². The SMILES string of the molecule is C=C(C)C1CCC(C)=C(CCO)C1. The van der Waals surface area contributed by atoms with Crippen molar-refractivity contribution in [3.63, 3.8) is 0 Å². The maximum atomic E-state index is 8.90. The first kappa shape index (κ1) is 10.5. The van der Waals surface area contributed by atoms with Crippen LogP contribution in [0.5, 0.6) is 0 Å². The van der Waals surface area contributed by atoms with E-state index < -0.39 is 0 Å². The van der Waals surface area contributed by atoms with E-state index in [1.807, 2.05) is 0 Å². The summed E-state index contributed by atoms with van der Waals surface area (Å²) >= 11 is 0. The molecule has 0 saturated carbocycles. The van der Waals surface area contributed by atoms with Gasteiger partial charge >= 0.3 is 0 Å². The molecule has 1 aliphatic rings. The minimum Gasteiger partial charge on any atom is -0.396 e. The van der Waals surface area contributed by atoms with E-state index >= 15 is 0 Å². The van der Waals surface area contributed by atoms with Crippen LogP contribution in [0.4, 0.5) is 0 Å². The Morgan fingerprint density at radius 1 is 1.62 bits per heavy atom. The van der Waals surface area contributed by atoms with E-state index in [0.717, 1.165) is 12.8 Å². The largest absolute Gasteiger partial charge is 0.396 e. The first-order valence-electron chi connectivity index (χ1n) is 5.09. The second-order valence-corrected chi connectivity index (χ2v) is 4.14. The van der Waals surface area contributed by atoms with Crippen LogP contribution < -0.4 is 0 Å². The van der Waals surface area contributed by atoms with Gasteiger partial charge in [0.15, 0.2) is 0 Å². The molecule has 0 radical (unpaired) electrons. The zero-order valence-corrected chi connectivity index (χ0v) is 8.77.